The predicted molar refractivity (Wildman–Crippen MR) is 114 cm³/mol. The highest BCUT2D eigenvalue weighted by Crippen LogP contribution is 2.22. The maximum atomic E-state index is 12.9. The van der Waals surface area contributed by atoms with Gasteiger partial charge in [0.1, 0.15) is 5.82 Å². The second-order valence-corrected chi connectivity index (χ2v) is 7.38. The van der Waals surface area contributed by atoms with Crippen molar-refractivity contribution >= 4 is 11.7 Å². The highest BCUT2D eigenvalue weighted by Gasteiger charge is 2.25. The number of hydrogen-bond donors (Lipinski definition) is 1. The van der Waals surface area contributed by atoms with Crippen molar-refractivity contribution in [2.24, 2.45) is 0 Å². The fourth-order valence-corrected chi connectivity index (χ4v) is 3.74. The van der Waals surface area contributed by atoms with Gasteiger partial charge < -0.3 is 15.1 Å². The second kappa shape index (κ2) is 9.66. The van der Waals surface area contributed by atoms with E-state index in [1.807, 2.05) is 31.1 Å². The van der Waals surface area contributed by atoms with E-state index in [-0.39, 0.29) is 11.9 Å². The first-order chi connectivity index (χ1) is 13.6. The van der Waals surface area contributed by atoms with E-state index in [1.54, 1.807) is 12.3 Å². The number of amides is 1. The molecule has 0 radical (unpaired) electrons. The van der Waals surface area contributed by atoms with Gasteiger partial charge in [-0.2, -0.15) is 0 Å². The van der Waals surface area contributed by atoms with Crippen LogP contribution in [0.15, 0.2) is 48.7 Å². The van der Waals surface area contributed by atoms with E-state index in [0.29, 0.717) is 17.9 Å². The third-order valence-corrected chi connectivity index (χ3v) is 5.39. The van der Waals surface area contributed by atoms with E-state index in [9.17, 15) is 4.79 Å². The van der Waals surface area contributed by atoms with Gasteiger partial charge in [0.05, 0.1) is 11.6 Å². The van der Waals surface area contributed by atoms with E-state index in [2.05, 4.69) is 51.3 Å². The van der Waals surface area contributed by atoms with Crippen LogP contribution in [0.4, 0.5) is 5.82 Å². The fraction of sp³-hybridized carbons (Fsp3) is 0.455. The molecule has 0 spiro atoms. The highest BCUT2D eigenvalue weighted by molar-refractivity contribution is 5.98. The third-order valence-electron chi connectivity index (χ3n) is 5.39. The molecular weight excluding hydrogens is 350 g/mol. The van der Waals surface area contributed by atoms with Crippen LogP contribution in [0.25, 0.3) is 0 Å². The number of rotatable bonds is 7. The van der Waals surface area contributed by atoms with Gasteiger partial charge in [-0.1, -0.05) is 37.3 Å². The zero-order valence-corrected chi connectivity index (χ0v) is 17.1. The van der Waals surface area contributed by atoms with Crippen molar-refractivity contribution < 1.29 is 4.79 Å². The summed E-state index contributed by atoms with van der Waals surface area (Å²) in [6.07, 6.45) is 1.71. The Morgan fingerprint density at radius 1 is 1.11 bits per heavy atom. The number of carbonyl (C=O) groups is 1. The first-order valence-electron chi connectivity index (χ1n) is 10.0. The topological polar surface area (TPSA) is 51.7 Å². The molecule has 1 N–H and O–H groups in total. The summed E-state index contributed by atoms with van der Waals surface area (Å²) in [4.78, 5) is 24.0. The Balaban J connectivity index is 1.73. The van der Waals surface area contributed by atoms with Crippen LogP contribution in [0, 0.1) is 0 Å². The molecule has 1 unspecified atom stereocenters. The zero-order valence-electron chi connectivity index (χ0n) is 17.1. The zero-order chi connectivity index (χ0) is 19.9. The number of likely N-dealkylation sites (N-methyl/N-ethyl adjacent to an activating group) is 1. The highest BCUT2D eigenvalue weighted by atomic mass is 16.1. The van der Waals surface area contributed by atoms with Gasteiger partial charge in [-0.05, 0) is 24.2 Å². The summed E-state index contributed by atoms with van der Waals surface area (Å²) in [5, 5.41) is 3.15. The Kier molecular flexibility index (Phi) is 7.01. The van der Waals surface area contributed by atoms with Crippen molar-refractivity contribution in [2.45, 2.75) is 13.0 Å². The lowest BCUT2D eigenvalue weighted by Gasteiger charge is -2.39. The number of nitrogens with zero attached hydrogens (tertiary/aromatic N) is 4. The second-order valence-electron chi connectivity index (χ2n) is 7.38. The number of carbonyl (C=O) groups excluding carboxylic acids is 1. The van der Waals surface area contributed by atoms with Gasteiger partial charge >= 0.3 is 0 Å². The van der Waals surface area contributed by atoms with Crippen LogP contribution < -0.4 is 10.2 Å². The average molecular weight is 382 g/mol. The average Bonchev–Trinajstić information content (AvgIpc) is 2.75. The third kappa shape index (κ3) is 4.88. The molecule has 1 aromatic heterocycles. The summed E-state index contributed by atoms with van der Waals surface area (Å²) in [6, 6.07) is 14.3. The first kappa shape index (κ1) is 20.3. The van der Waals surface area contributed by atoms with Crippen LogP contribution >= 0.6 is 0 Å². The van der Waals surface area contributed by atoms with Gasteiger partial charge in [0.25, 0.3) is 5.91 Å². The number of aromatic nitrogens is 1. The summed E-state index contributed by atoms with van der Waals surface area (Å²) in [5.74, 6) is 0.609. The maximum Gasteiger partial charge on any atom is 0.255 e. The van der Waals surface area contributed by atoms with Crippen molar-refractivity contribution in [1.82, 2.24) is 20.1 Å². The molecule has 1 amide bonds. The lowest BCUT2D eigenvalue weighted by molar-refractivity contribution is 0.0856. The Morgan fingerprint density at radius 2 is 1.82 bits per heavy atom. The van der Waals surface area contributed by atoms with E-state index < -0.39 is 0 Å². The number of nitrogens with one attached hydrogen (secondary N) is 1. The van der Waals surface area contributed by atoms with Crippen molar-refractivity contribution in [2.75, 3.05) is 58.3 Å². The Labute approximate surface area is 168 Å². The molecule has 2 aromatic rings. The van der Waals surface area contributed by atoms with Gasteiger partial charge in [-0.15, -0.1) is 0 Å². The summed E-state index contributed by atoms with van der Waals surface area (Å²) < 4.78 is 0. The molecule has 1 atom stereocenters. The maximum absolute atomic E-state index is 12.9. The number of anilines is 1. The molecule has 150 valence electrons. The molecule has 2 heterocycles. The van der Waals surface area contributed by atoms with Crippen LogP contribution in [0.1, 0.15) is 28.9 Å². The summed E-state index contributed by atoms with van der Waals surface area (Å²) in [5.41, 5.74) is 1.85. The molecule has 0 bridgehead atoms. The standard InChI is InChI=1S/C22H31N5O/c1-4-26-13-15-27(16-14-26)20(18-9-6-5-7-10-18)17-24-22(28)19-11-8-12-23-21(19)25(2)3/h5-12,20H,4,13-17H2,1-3H3,(H,24,28). The SMILES string of the molecule is CCN1CCN(C(CNC(=O)c2cccnc2N(C)C)c2ccccc2)CC1. The van der Waals surface area contributed by atoms with Gasteiger partial charge in [0.2, 0.25) is 0 Å². The monoisotopic (exact) mass is 381 g/mol. The summed E-state index contributed by atoms with van der Waals surface area (Å²) in [7, 11) is 3.80. The fourth-order valence-electron chi connectivity index (χ4n) is 3.74. The quantitative estimate of drug-likeness (QED) is 0.797. The Morgan fingerprint density at radius 3 is 2.46 bits per heavy atom. The molecule has 1 aliphatic rings. The molecule has 0 aliphatic carbocycles. The van der Waals surface area contributed by atoms with Crippen LogP contribution in [0.2, 0.25) is 0 Å². The number of piperazine rings is 1. The van der Waals surface area contributed by atoms with Crippen LogP contribution in [0.5, 0.6) is 0 Å². The minimum Gasteiger partial charge on any atom is -0.362 e. The minimum absolute atomic E-state index is 0.0788. The lowest BCUT2D eigenvalue weighted by atomic mass is 10.0. The molecule has 1 aliphatic heterocycles. The predicted octanol–water partition coefficient (Wildman–Crippen LogP) is 2.26. The van der Waals surface area contributed by atoms with E-state index in [0.717, 1.165) is 32.7 Å². The van der Waals surface area contributed by atoms with E-state index >= 15 is 0 Å². The Bertz CT molecular complexity index is 757. The smallest absolute Gasteiger partial charge is 0.255 e. The van der Waals surface area contributed by atoms with Crippen molar-refractivity contribution in [3.8, 4) is 0 Å². The molecule has 0 saturated carbocycles. The number of benzene rings is 1. The molecule has 6 nitrogen and oxygen atoms in total. The molecule has 1 saturated heterocycles. The summed E-state index contributed by atoms with van der Waals surface area (Å²) >= 11 is 0. The van der Waals surface area contributed by atoms with Gasteiger partial charge in [0, 0.05) is 53.0 Å². The van der Waals surface area contributed by atoms with Crippen molar-refractivity contribution in [3.63, 3.8) is 0 Å². The summed E-state index contributed by atoms with van der Waals surface area (Å²) in [6.45, 7) is 8.05. The molecule has 6 heteroatoms. The molecule has 3 rings (SSSR count). The minimum atomic E-state index is -0.0788. The van der Waals surface area contributed by atoms with E-state index in [4.69, 9.17) is 0 Å². The largest absolute Gasteiger partial charge is 0.362 e. The molecular formula is C22H31N5O. The van der Waals surface area contributed by atoms with Crippen LogP contribution in [-0.4, -0.2) is 74.1 Å². The van der Waals surface area contributed by atoms with Crippen molar-refractivity contribution in [3.05, 3.63) is 59.8 Å². The van der Waals surface area contributed by atoms with Gasteiger partial charge in [-0.3, -0.25) is 9.69 Å². The normalized spacial score (nSPS) is 16.5. The van der Waals surface area contributed by atoms with E-state index in [1.165, 1.54) is 5.56 Å². The number of hydrogen-bond acceptors (Lipinski definition) is 5. The van der Waals surface area contributed by atoms with Crippen molar-refractivity contribution in [1.29, 1.82) is 0 Å². The molecule has 1 fully saturated rings. The number of pyridine rings is 1. The lowest BCUT2D eigenvalue weighted by Crippen LogP contribution is -2.49. The Hall–Kier alpha value is -2.44. The first-order valence-corrected chi connectivity index (χ1v) is 10.0. The van der Waals surface area contributed by atoms with Gasteiger partial charge in [0.15, 0.2) is 0 Å². The van der Waals surface area contributed by atoms with Crippen LogP contribution in [0.3, 0.4) is 0 Å². The molecule has 28 heavy (non-hydrogen) atoms. The van der Waals surface area contributed by atoms with Crippen LogP contribution in [-0.2, 0) is 0 Å². The molecule has 1 aromatic carbocycles. The van der Waals surface area contributed by atoms with Gasteiger partial charge in [-0.25, -0.2) is 4.98 Å².